The Morgan fingerprint density at radius 3 is 2.41 bits per heavy atom. The first-order valence-electron chi connectivity index (χ1n) is 8.06. The minimum Gasteiger partial charge on any atom is -0.311 e. The molecule has 114 valence electrons. The number of aromatic nitrogens is 2. The Labute approximate surface area is 138 Å². The van der Waals surface area contributed by atoms with Crippen LogP contribution in [0.15, 0.2) is 12.1 Å². The zero-order valence-electron chi connectivity index (χ0n) is 12.1. The third-order valence-corrected chi connectivity index (χ3v) is 6.58. The van der Waals surface area contributed by atoms with E-state index in [4.69, 9.17) is 33.6 Å². The molecule has 0 radical (unpaired) electrons. The smallest absolute Gasteiger partial charge is 0.136 e. The molecule has 22 heavy (non-hydrogen) atoms. The zero-order chi connectivity index (χ0) is 15.0. The highest BCUT2D eigenvalue weighted by Gasteiger charge is 2.43. The fraction of sp³-hybridized carbons (Fsp3) is 0.529. The lowest BCUT2D eigenvalue weighted by atomic mass is 9.68. The molecule has 0 spiro atoms. The summed E-state index contributed by atoms with van der Waals surface area (Å²) in [6.45, 7) is 0. The molecule has 2 aromatic rings. The highest BCUT2D eigenvalue weighted by molar-refractivity contribution is 6.42. The molecule has 4 aliphatic rings. The molecule has 2 aliphatic heterocycles. The first-order chi connectivity index (χ1) is 10.6. The van der Waals surface area contributed by atoms with Crippen molar-refractivity contribution in [3.05, 3.63) is 33.5 Å². The molecule has 2 atom stereocenters. The van der Waals surface area contributed by atoms with Crippen molar-refractivity contribution in [1.82, 2.24) is 9.55 Å². The number of halogens is 2. The average Bonchev–Trinajstić information content (AvgIpc) is 2.63. The van der Waals surface area contributed by atoms with Crippen molar-refractivity contribution >= 4 is 34.1 Å². The van der Waals surface area contributed by atoms with Gasteiger partial charge in [0.05, 0.1) is 15.6 Å². The molecule has 2 saturated carbocycles. The van der Waals surface area contributed by atoms with Crippen LogP contribution in [0.5, 0.6) is 0 Å². The van der Waals surface area contributed by atoms with Crippen LogP contribution < -0.4 is 5.49 Å². The Balaban J connectivity index is 1.85. The molecule has 0 amide bonds. The van der Waals surface area contributed by atoms with Crippen LogP contribution in [0.4, 0.5) is 0 Å². The summed E-state index contributed by atoms with van der Waals surface area (Å²) in [6, 6.07) is 4.07. The third-order valence-electron chi connectivity index (χ3n) is 5.86. The summed E-state index contributed by atoms with van der Waals surface area (Å²) in [6.07, 6.45) is 6.29. The molecular formula is C17H17Cl2N3. The third kappa shape index (κ3) is 1.75. The van der Waals surface area contributed by atoms with Crippen LogP contribution in [0.2, 0.25) is 10.0 Å². The summed E-state index contributed by atoms with van der Waals surface area (Å²) in [5.41, 5.74) is 1.38. The van der Waals surface area contributed by atoms with E-state index in [9.17, 15) is 0 Å². The normalized spacial score (nSPS) is 32.3. The monoisotopic (exact) mass is 333 g/mol. The van der Waals surface area contributed by atoms with Gasteiger partial charge in [-0.1, -0.05) is 23.2 Å². The van der Waals surface area contributed by atoms with E-state index in [1.54, 1.807) is 6.07 Å². The molecule has 3 heterocycles. The maximum Gasteiger partial charge on any atom is 0.136 e. The quantitative estimate of drug-likeness (QED) is 0.747. The lowest BCUT2D eigenvalue weighted by Gasteiger charge is -2.37. The van der Waals surface area contributed by atoms with Crippen LogP contribution >= 0.6 is 23.2 Å². The Morgan fingerprint density at radius 2 is 1.68 bits per heavy atom. The van der Waals surface area contributed by atoms with Gasteiger partial charge in [0, 0.05) is 17.3 Å². The number of hydrogen-bond acceptors (Lipinski definition) is 2. The first kappa shape index (κ1) is 13.4. The lowest BCUT2D eigenvalue weighted by Crippen LogP contribution is -2.31. The van der Waals surface area contributed by atoms with Gasteiger partial charge in [-0.25, -0.2) is 4.98 Å². The Bertz CT molecular complexity index is 843. The number of hydrogen-bond donors (Lipinski definition) is 1. The Hall–Kier alpha value is -1.06. The van der Waals surface area contributed by atoms with Crippen molar-refractivity contribution in [2.24, 2.45) is 11.8 Å². The SMILES string of the molecule is N=c1c2cc(Cl)c(Cl)cc2nc2n1C1CC3CC(CC2C3)C1. The molecular weight excluding hydrogens is 317 g/mol. The van der Waals surface area contributed by atoms with E-state index in [0.29, 0.717) is 27.5 Å². The van der Waals surface area contributed by atoms with Crippen LogP contribution in [0, 0.1) is 17.2 Å². The highest BCUT2D eigenvalue weighted by atomic mass is 35.5. The van der Waals surface area contributed by atoms with Gasteiger partial charge in [0.2, 0.25) is 0 Å². The van der Waals surface area contributed by atoms with E-state index in [-0.39, 0.29) is 0 Å². The van der Waals surface area contributed by atoms with Crippen molar-refractivity contribution in [3.8, 4) is 0 Å². The molecule has 1 N–H and O–H groups in total. The Morgan fingerprint density at radius 1 is 1.00 bits per heavy atom. The van der Waals surface area contributed by atoms with Gasteiger partial charge in [-0.15, -0.1) is 0 Å². The predicted molar refractivity (Wildman–Crippen MR) is 87.5 cm³/mol. The molecule has 1 aromatic heterocycles. The van der Waals surface area contributed by atoms with Gasteiger partial charge in [-0.2, -0.15) is 0 Å². The molecule has 2 aliphatic carbocycles. The number of fused-ring (bicyclic) bond motifs is 1. The van der Waals surface area contributed by atoms with Gasteiger partial charge in [0.15, 0.2) is 0 Å². The topological polar surface area (TPSA) is 41.7 Å². The second kappa shape index (κ2) is 4.48. The van der Waals surface area contributed by atoms with Crippen molar-refractivity contribution in [1.29, 1.82) is 5.41 Å². The van der Waals surface area contributed by atoms with E-state index >= 15 is 0 Å². The van der Waals surface area contributed by atoms with E-state index in [1.807, 2.05) is 6.07 Å². The van der Waals surface area contributed by atoms with Gasteiger partial charge in [0.1, 0.15) is 11.3 Å². The fourth-order valence-corrected chi connectivity index (χ4v) is 5.46. The molecule has 2 unspecified atom stereocenters. The minimum absolute atomic E-state index is 0.449. The second-order valence-electron chi connectivity index (χ2n) is 7.23. The van der Waals surface area contributed by atoms with Gasteiger partial charge in [-0.3, -0.25) is 5.41 Å². The molecule has 5 heteroatoms. The molecule has 4 bridgehead atoms. The summed E-state index contributed by atoms with van der Waals surface area (Å²) >= 11 is 12.3. The number of benzene rings is 1. The van der Waals surface area contributed by atoms with Crippen molar-refractivity contribution in [2.75, 3.05) is 0 Å². The first-order valence-corrected chi connectivity index (χ1v) is 8.81. The standard InChI is InChI=1S/C17H17Cl2N3/c18-13-6-12-15(7-14(13)19)21-17-10-2-8-1-9(3-10)5-11(4-8)22(17)16(12)20/h6-11,20H,1-5H2. The van der Waals surface area contributed by atoms with Gasteiger partial charge in [0.25, 0.3) is 0 Å². The van der Waals surface area contributed by atoms with Gasteiger partial charge in [-0.05, 0) is 56.1 Å². The van der Waals surface area contributed by atoms with Gasteiger partial charge >= 0.3 is 0 Å². The van der Waals surface area contributed by atoms with Gasteiger partial charge < -0.3 is 4.57 Å². The second-order valence-corrected chi connectivity index (χ2v) is 8.05. The fourth-order valence-electron chi connectivity index (χ4n) is 5.13. The summed E-state index contributed by atoms with van der Waals surface area (Å²) < 4.78 is 2.22. The molecule has 0 saturated heterocycles. The van der Waals surface area contributed by atoms with Crippen molar-refractivity contribution < 1.29 is 0 Å². The summed E-state index contributed by atoms with van der Waals surface area (Å²) in [7, 11) is 0. The highest BCUT2D eigenvalue weighted by Crippen LogP contribution is 2.52. The van der Waals surface area contributed by atoms with E-state index in [1.165, 1.54) is 32.1 Å². The lowest BCUT2D eigenvalue weighted by molar-refractivity contribution is 0.150. The summed E-state index contributed by atoms with van der Waals surface area (Å²) in [5, 5.41) is 10.6. The molecule has 3 nitrogen and oxygen atoms in total. The average molecular weight is 334 g/mol. The number of nitrogens with one attached hydrogen (secondary N) is 1. The van der Waals surface area contributed by atoms with E-state index < -0.39 is 0 Å². The number of nitrogens with zero attached hydrogens (tertiary/aromatic N) is 2. The van der Waals surface area contributed by atoms with Crippen molar-refractivity contribution in [3.63, 3.8) is 0 Å². The molecule has 1 aromatic carbocycles. The summed E-state index contributed by atoms with van der Waals surface area (Å²) in [5.74, 6) is 3.27. The Kier molecular flexibility index (Phi) is 2.73. The maximum absolute atomic E-state index is 8.74. The van der Waals surface area contributed by atoms with Crippen LogP contribution in [0.3, 0.4) is 0 Å². The summed E-state index contributed by atoms with van der Waals surface area (Å²) in [4.78, 5) is 4.94. The zero-order valence-corrected chi connectivity index (χ0v) is 13.7. The van der Waals surface area contributed by atoms with E-state index in [0.717, 1.165) is 28.6 Å². The largest absolute Gasteiger partial charge is 0.311 e. The predicted octanol–water partition coefficient (Wildman–Crippen LogP) is 4.67. The van der Waals surface area contributed by atoms with Crippen LogP contribution in [0.25, 0.3) is 10.9 Å². The van der Waals surface area contributed by atoms with Crippen LogP contribution in [-0.2, 0) is 0 Å². The minimum atomic E-state index is 0.449. The van der Waals surface area contributed by atoms with Crippen LogP contribution in [-0.4, -0.2) is 9.55 Å². The number of rotatable bonds is 0. The molecule has 6 rings (SSSR count). The van der Waals surface area contributed by atoms with Crippen molar-refractivity contribution in [2.45, 2.75) is 44.1 Å². The molecule has 2 fully saturated rings. The van der Waals surface area contributed by atoms with Crippen LogP contribution in [0.1, 0.15) is 49.9 Å². The van der Waals surface area contributed by atoms with E-state index in [2.05, 4.69) is 4.57 Å². The maximum atomic E-state index is 8.74.